The lowest BCUT2D eigenvalue weighted by Crippen LogP contribution is -2.47. The van der Waals surface area contributed by atoms with E-state index in [2.05, 4.69) is 16.0 Å². The largest absolute Gasteiger partial charge is 0.390 e. The lowest BCUT2D eigenvalue weighted by atomic mass is 10.1. The highest BCUT2D eigenvalue weighted by Crippen LogP contribution is 2.31. The molecule has 206 valence electrons. The number of benzene rings is 2. The Morgan fingerprint density at radius 1 is 1.08 bits per heavy atom. The maximum absolute atomic E-state index is 14.8. The molecule has 0 spiro atoms. The quantitative estimate of drug-likeness (QED) is 0.450. The second-order valence-corrected chi connectivity index (χ2v) is 9.49. The number of nitrogens with zero attached hydrogens (tertiary/aromatic N) is 2. The molecule has 0 bridgehead atoms. The van der Waals surface area contributed by atoms with E-state index in [0.717, 1.165) is 6.07 Å². The first-order valence-electron chi connectivity index (χ1n) is 12.2. The highest BCUT2D eigenvalue weighted by molar-refractivity contribution is 6.31. The number of hydrogen-bond donors (Lipinski definition) is 3. The molecule has 2 saturated heterocycles. The molecule has 1 atom stereocenters. The van der Waals surface area contributed by atoms with Gasteiger partial charge in [-0.1, -0.05) is 11.6 Å². The number of rotatable bonds is 7. The first-order chi connectivity index (χ1) is 18.1. The third-order valence-corrected chi connectivity index (χ3v) is 6.57. The molecule has 0 aromatic heterocycles. The van der Waals surface area contributed by atoms with Gasteiger partial charge in [-0.2, -0.15) is 13.2 Å². The van der Waals surface area contributed by atoms with Crippen LogP contribution < -0.4 is 20.9 Å². The fourth-order valence-electron chi connectivity index (χ4n) is 4.29. The van der Waals surface area contributed by atoms with Gasteiger partial charge in [0.1, 0.15) is 11.9 Å². The van der Waals surface area contributed by atoms with Crippen LogP contribution in [0.2, 0.25) is 5.02 Å². The third kappa shape index (κ3) is 7.56. The zero-order valence-corrected chi connectivity index (χ0v) is 21.2. The molecule has 8 nitrogen and oxygen atoms in total. The van der Waals surface area contributed by atoms with Gasteiger partial charge in [-0.3, -0.25) is 14.5 Å². The Labute approximate surface area is 222 Å². The van der Waals surface area contributed by atoms with Crippen LogP contribution in [0.25, 0.3) is 0 Å². The summed E-state index contributed by atoms with van der Waals surface area (Å²) < 4.78 is 57.9. The first-order valence-corrected chi connectivity index (χ1v) is 12.5. The molecular formula is C25H28ClF4N5O3. The van der Waals surface area contributed by atoms with Crippen LogP contribution in [0, 0.1) is 5.82 Å². The van der Waals surface area contributed by atoms with E-state index in [1.807, 2.05) is 4.90 Å². The number of morpholine rings is 1. The third-order valence-electron chi connectivity index (χ3n) is 6.33. The Hall–Kier alpha value is -2.93. The molecule has 0 aliphatic carbocycles. The average Bonchev–Trinajstić information content (AvgIpc) is 2.89. The van der Waals surface area contributed by atoms with Gasteiger partial charge in [-0.05, 0) is 36.4 Å². The smallest absolute Gasteiger partial charge is 0.367 e. The minimum Gasteiger partial charge on any atom is -0.367 e. The molecule has 0 radical (unpaired) electrons. The van der Waals surface area contributed by atoms with Gasteiger partial charge >= 0.3 is 6.18 Å². The molecule has 0 saturated carbocycles. The second-order valence-electron chi connectivity index (χ2n) is 9.06. The van der Waals surface area contributed by atoms with Gasteiger partial charge in [0.2, 0.25) is 0 Å². The number of carbonyl (C=O) groups excluding carboxylic acids is 2. The molecule has 13 heteroatoms. The van der Waals surface area contributed by atoms with Gasteiger partial charge in [0, 0.05) is 56.5 Å². The van der Waals surface area contributed by atoms with Crippen molar-refractivity contribution in [3.63, 3.8) is 0 Å². The first kappa shape index (κ1) is 28.1. The molecule has 2 aliphatic rings. The summed E-state index contributed by atoms with van der Waals surface area (Å²) in [6, 6.07) is 8.59. The molecule has 2 aliphatic heterocycles. The fraction of sp³-hybridized carbons (Fsp3) is 0.440. The van der Waals surface area contributed by atoms with E-state index in [-0.39, 0.29) is 17.8 Å². The average molecular weight is 558 g/mol. The lowest BCUT2D eigenvalue weighted by Gasteiger charge is -2.37. The van der Waals surface area contributed by atoms with Gasteiger partial charge in [0.15, 0.2) is 0 Å². The van der Waals surface area contributed by atoms with Gasteiger partial charge in [-0.25, -0.2) is 4.39 Å². The van der Waals surface area contributed by atoms with E-state index in [1.54, 1.807) is 23.1 Å². The van der Waals surface area contributed by atoms with Gasteiger partial charge in [0.05, 0.1) is 30.0 Å². The van der Waals surface area contributed by atoms with Gasteiger partial charge < -0.3 is 25.6 Å². The zero-order valence-electron chi connectivity index (χ0n) is 20.4. The topological polar surface area (TPSA) is 85.9 Å². The standard InChI is InChI=1S/C25H28ClF4N5O3/c26-16-1-4-20(21(13-16)35-10-8-34(9-11-35)7-5-25(28,29)30)33-23(36)18-3-2-17(14-19(18)27)32-24(37)22-15-31-6-12-38-22/h1-4,13-14,22,31H,5-12,15H2,(H,32,37)(H,33,36). The summed E-state index contributed by atoms with van der Waals surface area (Å²) in [6.45, 7) is 3.02. The SMILES string of the molecule is O=C(Nc1ccc(Cl)cc1N1CCN(CCC(F)(F)F)CC1)c1ccc(NC(=O)C2CNCCO2)cc1F. The normalized spacial score (nSPS) is 18.8. The minimum absolute atomic E-state index is 0.0726. The van der Waals surface area contributed by atoms with Crippen molar-refractivity contribution in [3.8, 4) is 0 Å². The number of carbonyl (C=O) groups is 2. The number of nitrogens with one attached hydrogen (secondary N) is 3. The fourth-order valence-corrected chi connectivity index (χ4v) is 4.46. The zero-order chi connectivity index (χ0) is 27.3. The summed E-state index contributed by atoms with van der Waals surface area (Å²) in [4.78, 5) is 28.9. The van der Waals surface area contributed by atoms with Crippen molar-refractivity contribution in [2.75, 3.05) is 68.0 Å². The highest BCUT2D eigenvalue weighted by atomic mass is 35.5. The Balaban J connectivity index is 1.40. The summed E-state index contributed by atoms with van der Waals surface area (Å²) in [6.07, 6.45) is -5.77. The molecule has 3 N–H and O–H groups in total. The minimum atomic E-state index is -4.21. The molecule has 2 fully saturated rings. The van der Waals surface area contributed by atoms with E-state index < -0.39 is 36.3 Å². The second kappa shape index (κ2) is 12.3. The summed E-state index contributed by atoms with van der Waals surface area (Å²) >= 11 is 6.18. The number of alkyl halides is 3. The van der Waals surface area contributed by atoms with Crippen LogP contribution in [0.3, 0.4) is 0 Å². The number of anilines is 3. The summed E-state index contributed by atoms with van der Waals surface area (Å²) in [5, 5.41) is 8.74. The van der Waals surface area contributed by atoms with E-state index >= 15 is 0 Å². The lowest BCUT2D eigenvalue weighted by molar-refractivity contribution is -0.138. The van der Waals surface area contributed by atoms with Crippen LogP contribution in [0.15, 0.2) is 36.4 Å². The summed E-state index contributed by atoms with van der Waals surface area (Å²) in [7, 11) is 0. The van der Waals surface area contributed by atoms with Crippen LogP contribution in [-0.2, 0) is 9.53 Å². The van der Waals surface area contributed by atoms with Crippen molar-refractivity contribution < 1.29 is 31.9 Å². The predicted molar refractivity (Wildman–Crippen MR) is 136 cm³/mol. The van der Waals surface area contributed by atoms with Crippen LogP contribution in [0.4, 0.5) is 34.6 Å². The Morgan fingerprint density at radius 2 is 1.84 bits per heavy atom. The van der Waals surface area contributed by atoms with Crippen LogP contribution >= 0.6 is 11.6 Å². The van der Waals surface area contributed by atoms with Gasteiger partial charge in [0.25, 0.3) is 11.8 Å². The van der Waals surface area contributed by atoms with E-state index in [0.29, 0.717) is 62.3 Å². The Bertz CT molecular complexity index is 1150. The van der Waals surface area contributed by atoms with E-state index in [1.165, 1.54) is 12.1 Å². The van der Waals surface area contributed by atoms with Crippen molar-refractivity contribution in [1.82, 2.24) is 10.2 Å². The molecule has 2 aromatic carbocycles. The molecule has 4 rings (SSSR count). The van der Waals surface area contributed by atoms with Crippen molar-refractivity contribution in [2.45, 2.75) is 18.7 Å². The van der Waals surface area contributed by atoms with Gasteiger partial charge in [-0.15, -0.1) is 0 Å². The van der Waals surface area contributed by atoms with Crippen LogP contribution in [-0.4, -0.2) is 81.4 Å². The maximum Gasteiger partial charge on any atom is 0.390 e. The molecule has 38 heavy (non-hydrogen) atoms. The summed E-state index contributed by atoms with van der Waals surface area (Å²) in [5.74, 6) is -1.94. The summed E-state index contributed by atoms with van der Waals surface area (Å²) in [5.41, 5.74) is 0.943. The van der Waals surface area contributed by atoms with Crippen molar-refractivity contribution >= 4 is 40.5 Å². The number of ether oxygens (including phenoxy) is 1. The number of hydrogen-bond acceptors (Lipinski definition) is 6. The molecular weight excluding hydrogens is 530 g/mol. The molecule has 2 heterocycles. The van der Waals surface area contributed by atoms with Crippen molar-refractivity contribution in [1.29, 1.82) is 0 Å². The number of halogens is 5. The molecule has 2 aromatic rings. The highest BCUT2D eigenvalue weighted by Gasteiger charge is 2.29. The number of amides is 2. The van der Waals surface area contributed by atoms with Crippen molar-refractivity contribution in [3.05, 3.63) is 52.8 Å². The molecule has 2 amide bonds. The monoisotopic (exact) mass is 557 g/mol. The molecule has 1 unspecified atom stereocenters. The van der Waals surface area contributed by atoms with Crippen LogP contribution in [0.5, 0.6) is 0 Å². The Kier molecular flexibility index (Phi) is 9.08. The Morgan fingerprint density at radius 3 is 2.50 bits per heavy atom. The maximum atomic E-state index is 14.8. The van der Waals surface area contributed by atoms with E-state index in [9.17, 15) is 27.2 Å². The van der Waals surface area contributed by atoms with Crippen LogP contribution in [0.1, 0.15) is 16.8 Å². The number of piperazine rings is 1. The van der Waals surface area contributed by atoms with E-state index in [4.69, 9.17) is 16.3 Å². The predicted octanol–water partition coefficient (Wildman–Crippen LogP) is 3.73. The van der Waals surface area contributed by atoms with Crippen molar-refractivity contribution in [2.24, 2.45) is 0 Å².